The van der Waals surface area contributed by atoms with Gasteiger partial charge in [0.25, 0.3) is 5.91 Å². The molecule has 3 heterocycles. The highest BCUT2D eigenvalue weighted by atomic mass is 35.5. The zero-order chi connectivity index (χ0) is 23.9. The molecule has 1 amide bonds. The number of aryl methyl sites for hydroxylation is 1. The minimum atomic E-state index is -3.81. The number of imidazole rings is 1. The molecule has 0 saturated heterocycles. The van der Waals surface area contributed by atoms with Gasteiger partial charge in [-0.3, -0.25) is 4.79 Å². The van der Waals surface area contributed by atoms with E-state index in [1.807, 2.05) is 0 Å². The Morgan fingerprint density at radius 1 is 1.21 bits per heavy atom. The van der Waals surface area contributed by atoms with Crippen LogP contribution in [0.1, 0.15) is 29.5 Å². The van der Waals surface area contributed by atoms with E-state index in [-0.39, 0.29) is 11.7 Å². The summed E-state index contributed by atoms with van der Waals surface area (Å²) in [6.45, 7) is 3.06. The van der Waals surface area contributed by atoms with Crippen LogP contribution in [0.4, 0.5) is 14.5 Å². The van der Waals surface area contributed by atoms with Gasteiger partial charge >= 0.3 is 5.57 Å². The molecule has 2 aromatic heterocycles. The van der Waals surface area contributed by atoms with Crippen molar-refractivity contribution in [3.05, 3.63) is 66.5 Å². The molecule has 174 valence electrons. The zero-order valence-corrected chi connectivity index (χ0v) is 18.9. The summed E-state index contributed by atoms with van der Waals surface area (Å²) < 4.78 is 32.1. The molecule has 1 aliphatic heterocycles. The van der Waals surface area contributed by atoms with E-state index in [0.29, 0.717) is 17.2 Å². The van der Waals surface area contributed by atoms with Crippen LogP contribution >= 0.6 is 11.6 Å². The number of alkyl halides is 3. The van der Waals surface area contributed by atoms with Crippen molar-refractivity contribution < 1.29 is 18.3 Å². The Morgan fingerprint density at radius 3 is 2.65 bits per heavy atom. The number of benzene rings is 2. The summed E-state index contributed by atoms with van der Waals surface area (Å²) >= 11 is 4.79. The third-order valence-corrected chi connectivity index (χ3v) is 5.85. The minimum Gasteiger partial charge on any atom is -0.420 e. The fourth-order valence-electron chi connectivity index (χ4n) is 4.21. The second-order valence-electron chi connectivity index (χ2n) is 8.32. The smallest absolute Gasteiger partial charge is 0.420 e. The first kappa shape index (κ1) is 22.2. The monoisotopic (exact) mass is 483 g/mol. The number of fused-ring (bicyclic) bond motifs is 3. The predicted molar refractivity (Wildman–Crippen MR) is 124 cm³/mol. The van der Waals surface area contributed by atoms with Crippen molar-refractivity contribution in [2.45, 2.75) is 31.9 Å². The topological polar surface area (TPSA) is 81.9 Å². The molecule has 0 unspecified atom stereocenters. The van der Waals surface area contributed by atoms with Crippen LogP contribution in [-0.4, -0.2) is 31.0 Å². The predicted octanol–water partition coefficient (Wildman–Crippen LogP) is 5.50. The van der Waals surface area contributed by atoms with E-state index in [4.69, 9.17) is 16.6 Å². The second kappa shape index (κ2) is 8.64. The maximum Gasteiger partial charge on any atom is 0.487 e. The van der Waals surface area contributed by atoms with Gasteiger partial charge in [0, 0.05) is 59.3 Å². The Hall–Kier alpha value is -3.59. The Labute approximate surface area is 198 Å². The number of carbonyl (C=O) groups is 1. The fourth-order valence-corrected chi connectivity index (χ4v) is 4.30. The van der Waals surface area contributed by atoms with Crippen molar-refractivity contribution in [3.8, 4) is 16.9 Å². The van der Waals surface area contributed by atoms with E-state index in [1.54, 1.807) is 24.5 Å². The lowest BCUT2D eigenvalue weighted by molar-refractivity contribution is -0.0964. The quantitative estimate of drug-likeness (QED) is 0.379. The number of nitrogens with one attached hydrogen (secondary N) is 1. The van der Waals surface area contributed by atoms with Crippen LogP contribution in [0.5, 0.6) is 5.75 Å². The standard InChI is InChI=1S/C24H20ClF2N5O2/c1-14-6-7-32-21(8-14)31-20-10-15(9-19(22(20)32)16-11-28-13-29-12-16)23(33)30-17-2-4-18(5-3-17)34-24(25,26)27/h2-5,9-14H,6-8H2,1H3,(H,30,33)/t14-/m0/s1. The molecular formula is C24H20ClF2N5O2. The molecule has 0 radical (unpaired) electrons. The van der Waals surface area contributed by atoms with Gasteiger partial charge in [0.15, 0.2) is 0 Å². The third kappa shape index (κ3) is 4.56. The lowest BCUT2D eigenvalue weighted by Crippen LogP contribution is -2.17. The van der Waals surface area contributed by atoms with E-state index >= 15 is 0 Å². The van der Waals surface area contributed by atoms with Gasteiger partial charge in [-0.1, -0.05) is 6.92 Å². The highest BCUT2D eigenvalue weighted by Gasteiger charge is 2.27. The largest absolute Gasteiger partial charge is 0.487 e. The van der Waals surface area contributed by atoms with Crippen molar-refractivity contribution in [3.63, 3.8) is 0 Å². The Morgan fingerprint density at radius 2 is 1.94 bits per heavy atom. The molecule has 10 heteroatoms. The van der Waals surface area contributed by atoms with Crippen molar-refractivity contribution in [1.82, 2.24) is 19.5 Å². The third-order valence-electron chi connectivity index (χ3n) is 5.78. The van der Waals surface area contributed by atoms with Crippen molar-refractivity contribution in [1.29, 1.82) is 0 Å². The normalized spacial score (nSPS) is 15.7. The van der Waals surface area contributed by atoms with Gasteiger partial charge < -0.3 is 14.6 Å². The zero-order valence-electron chi connectivity index (χ0n) is 18.1. The summed E-state index contributed by atoms with van der Waals surface area (Å²) in [6.07, 6.45) is 6.80. The highest BCUT2D eigenvalue weighted by Crippen LogP contribution is 2.34. The number of nitrogens with zero attached hydrogens (tertiary/aromatic N) is 4. The Bertz CT molecular complexity index is 1350. The number of carbonyl (C=O) groups excluding carboxylic acids is 1. The van der Waals surface area contributed by atoms with Gasteiger partial charge in [-0.25, -0.2) is 15.0 Å². The van der Waals surface area contributed by atoms with Gasteiger partial charge in [-0.2, -0.15) is 0 Å². The molecule has 34 heavy (non-hydrogen) atoms. The summed E-state index contributed by atoms with van der Waals surface area (Å²) in [5.41, 5.74) is 0.302. The molecule has 5 rings (SSSR count). The van der Waals surface area contributed by atoms with Gasteiger partial charge in [0.2, 0.25) is 0 Å². The van der Waals surface area contributed by atoms with Crippen LogP contribution in [-0.2, 0) is 13.0 Å². The molecule has 0 bridgehead atoms. The summed E-state index contributed by atoms with van der Waals surface area (Å²) in [6, 6.07) is 9.07. The van der Waals surface area contributed by atoms with Crippen LogP contribution in [0.15, 0.2) is 55.1 Å². The van der Waals surface area contributed by atoms with E-state index in [9.17, 15) is 13.6 Å². The number of amides is 1. The minimum absolute atomic E-state index is 0.122. The summed E-state index contributed by atoms with van der Waals surface area (Å²) in [5, 5.41) is 2.78. The number of hydrogen-bond acceptors (Lipinski definition) is 5. The van der Waals surface area contributed by atoms with Gasteiger partial charge in [-0.15, -0.1) is 8.78 Å². The maximum atomic E-state index is 13.1. The van der Waals surface area contributed by atoms with Crippen LogP contribution in [0.3, 0.4) is 0 Å². The molecule has 0 spiro atoms. The molecule has 0 fully saturated rings. The summed E-state index contributed by atoms with van der Waals surface area (Å²) in [7, 11) is 0. The second-order valence-corrected chi connectivity index (χ2v) is 8.76. The summed E-state index contributed by atoms with van der Waals surface area (Å²) in [5.74, 6) is 1.05. The highest BCUT2D eigenvalue weighted by molar-refractivity contribution is 6.20. The molecule has 0 saturated carbocycles. The van der Waals surface area contributed by atoms with Gasteiger partial charge in [-0.05, 0) is 48.7 Å². The SMILES string of the molecule is C[C@H]1CCn2c(nc3cc(C(=O)Nc4ccc(OC(F)(F)Cl)cc4)cc(-c4cncnc4)c32)C1. The van der Waals surface area contributed by atoms with Crippen molar-refractivity contribution in [2.24, 2.45) is 5.92 Å². The number of ether oxygens (including phenoxy) is 1. The number of rotatable bonds is 5. The summed E-state index contributed by atoms with van der Waals surface area (Å²) in [4.78, 5) is 26.2. The molecule has 2 aromatic carbocycles. The number of aromatic nitrogens is 4. The van der Waals surface area contributed by atoms with E-state index < -0.39 is 5.57 Å². The Balaban J connectivity index is 1.50. The fraction of sp³-hybridized carbons (Fsp3) is 0.250. The maximum absolute atomic E-state index is 13.1. The first-order valence-corrected chi connectivity index (χ1v) is 11.1. The molecule has 1 aliphatic rings. The van der Waals surface area contributed by atoms with E-state index in [1.165, 1.54) is 30.6 Å². The lowest BCUT2D eigenvalue weighted by Gasteiger charge is -2.21. The van der Waals surface area contributed by atoms with Gasteiger partial charge in [0.1, 0.15) is 17.9 Å². The van der Waals surface area contributed by atoms with Crippen LogP contribution < -0.4 is 10.1 Å². The van der Waals surface area contributed by atoms with Crippen molar-refractivity contribution >= 4 is 34.2 Å². The molecular weight excluding hydrogens is 464 g/mol. The number of halogens is 3. The van der Waals surface area contributed by atoms with E-state index in [0.717, 1.165) is 47.4 Å². The molecule has 7 nitrogen and oxygen atoms in total. The molecule has 1 N–H and O–H groups in total. The first-order chi connectivity index (χ1) is 16.3. The van der Waals surface area contributed by atoms with Crippen LogP contribution in [0.25, 0.3) is 22.2 Å². The van der Waals surface area contributed by atoms with Crippen LogP contribution in [0.2, 0.25) is 0 Å². The average molecular weight is 484 g/mol. The molecule has 0 aliphatic carbocycles. The number of anilines is 1. The number of hydrogen-bond donors (Lipinski definition) is 1. The van der Waals surface area contributed by atoms with Crippen LogP contribution in [0, 0.1) is 5.92 Å². The molecule has 1 atom stereocenters. The molecule has 4 aromatic rings. The van der Waals surface area contributed by atoms with E-state index in [2.05, 4.69) is 31.5 Å². The van der Waals surface area contributed by atoms with Crippen molar-refractivity contribution in [2.75, 3.05) is 5.32 Å². The lowest BCUT2D eigenvalue weighted by atomic mass is 9.99. The Kier molecular flexibility index (Phi) is 5.65. The average Bonchev–Trinajstić information content (AvgIpc) is 3.16. The van der Waals surface area contributed by atoms with Gasteiger partial charge in [0.05, 0.1) is 11.0 Å². The first-order valence-electron chi connectivity index (χ1n) is 10.7.